The monoisotopic (exact) mass is 328 g/mol. The van der Waals surface area contributed by atoms with Gasteiger partial charge in [0.15, 0.2) is 0 Å². The van der Waals surface area contributed by atoms with Crippen LogP contribution >= 0.6 is 11.6 Å². The molecule has 118 valence electrons. The first-order valence-electron chi connectivity index (χ1n) is 7.30. The van der Waals surface area contributed by atoms with E-state index in [1.807, 2.05) is 48.5 Å². The van der Waals surface area contributed by atoms with Crippen LogP contribution in [0.15, 0.2) is 59.2 Å². The topological polar surface area (TPSA) is 58.2 Å². The van der Waals surface area contributed by atoms with Crippen LogP contribution in [-0.2, 0) is 17.8 Å². The summed E-state index contributed by atoms with van der Waals surface area (Å²) in [6.45, 7) is 0.542. The van der Waals surface area contributed by atoms with Gasteiger partial charge in [0.2, 0.25) is 0 Å². The van der Waals surface area contributed by atoms with Gasteiger partial charge in [-0.2, -0.15) is 0 Å². The Morgan fingerprint density at radius 2 is 1.91 bits per heavy atom. The Morgan fingerprint density at radius 3 is 2.57 bits per heavy atom. The van der Waals surface area contributed by atoms with Crippen molar-refractivity contribution in [3.05, 3.63) is 71.3 Å². The standard InChI is InChI=1S/C18H16ClNO3/c19-14-5-3-13(4-6-14)17-9-7-15(8-10-18(21)22)20(17)12-16-2-1-11-23-16/h1-7,9,11H,8,10,12H2,(H,21,22)/p-1. The molecule has 3 rings (SSSR count). The third kappa shape index (κ3) is 3.66. The normalized spacial score (nSPS) is 10.8. The molecule has 0 aliphatic rings. The van der Waals surface area contributed by atoms with Gasteiger partial charge in [-0.3, -0.25) is 0 Å². The zero-order chi connectivity index (χ0) is 16.2. The minimum atomic E-state index is -1.05. The highest BCUT2D eigenvalue weighted by Gasteiger charge is 2.12. The van der Waals surface area contributed by atoms with Crippen LogP contribution in [0.4, 0.5) is 0 Å². The average Bonchev–Trinajstić information content (AvgIpc) is 3.17. The molecule has 0 atom stereocenters. The summed E-state index contributed by atoms with van der Waals surface area (Å²) in [7, 11) is 0. The highest BCUT2D eigenvalue weighted by Crippen LogP contribution is 2.26. The molecule has 1 aromatic carbocycles. The van der Waals surface area contributed by atoms with Crippen LogP contribution in [0.25, 0.3) is 11.3 Å². The summed E-state index contributed by atoms with van der Waals surface area (Å²) in [6, 6.07) is 15.2. The van der Waals surface area contributed by atoms with E-state index in [1.54, 1.807) is 6.26 Å². The van der Waals surface area contributed by atoms with Gasteiger partial charge in [-0.15, -0.1) is 0 Å². The summed E-state index contributed by atoms with van der Waals surface area (Å²) in [6.07, 6.45) is 2.03. The third-order valence-electron chi connectivity index (χ3n) is 3.69. The number of carboxylic acids is 1. The van der Waals surface area contributed by atoms with Crippen LogP contribution < -0.4 is 5.11 Å². The lowest BCUT2D eigenvalue weighted by Crippen LogP contribution is -2.23. The van der Waals surface area contributed by atoms with Crippen molar-refractivity contribution in [2.45, 2.75) is 19.4 Å². The lowest BCUT2D eigenvalue weighted by atomic mass is 10.1. The summed E-state index contributed by atoms with van der Waals surface area (Å²) in [4.78, 5) is 10.8. The smallest absolute Gasteiger partial charge is 0.123 e. The van der Waals surface area contributed by atoms with E-state index >= 15 is 0 Å². The number of benzene rings is 1. The maximum atomic E-state index is 10.8. The van der Waals surface area contributed by atoms with E-state index in [0.29, 0.717) is 18.0 Å². The third-order valence-corrected chi connectivity index (χ3v) is 3.94. The molecule has 4 nitrogen and oxygen atoms in total. The fourth-order valence-corrected chi connectivity index (χ4v) is 2.70. The van der Waals surface area contributed by atoms with E-state index in [0.717, 1.165) is 22.7 Å². The Balaban J connectivity index is 1.97. The molecule has 0 radical (unpaired) electrons. The fraction of sp³-hybridized carbons (Fsp3) is 0.167. The molecule has 3 aromatic rings. The van der Waals surface area contributed by atoms with Gasteiger partial charge in [-0.1, -0.05) is 23.7 Å². The maximum Gasteiger partial charge on any atom is 0.123 e. The van der Waals surface area contributed by atoms with E-state index in [-0.39, 0.29) is 6.42 Å². The van der Waals surface area contributed by atoms with Crippen LogP contribution in [0, 0.1) is 0 Å². The fourth-order valence-electron chi connectivity index (χ4n) is 2.58. The minimum absolute atomic E-state index is 0.0117. The van der Waals surface area contributed by atoms with Crippen molar-refractivity contribution in [1.29, 1.82) is 0 Å². The summed E-state index contributed by atoms with van der Waals surface area (Å²) in [5, 5.41) is 11.4. The minimum Gasteiger partial charge on any atom is -0.550 e. The van der Waals surface area contributed by atoms with Gasteiger partial charge in [0.1, 0.15) is 5.76 Å². The predicted octanol–water partition coefficient (Wildman–Crippen LogP) is 3.13. The van der Waals surface area contributed by atoms with Crippen molar-refractivity contribution in [2.75, 3.05) is 0 Å². The number of carbonyl (C=O) groups is 1. The van der Waals surface area contributed by atoms with Gasteiger partial charge in [-0.25, -0.2) is 0 Å². The summed E-state index contributed by atoms with van der Waals surface area (Å²) in [5.41, 5.74) is 2.93. The lowest BCUT2D eigenvalue weighted by Gasteiger charge is -2.13. The number of nitrogens with zero attached hydrogens (tertiary/aromatic N) is 1. The second kappa shape index (κ2) is 6.75. The van der Waals surface area contributed by atoms with E-state index in [1.165, 1.54) is 0 Å². The van der Waals surface area contributed by atoms with E-state index in [2.05, 4.69) is 4.57 Å². The molecule has 0 bridgehead atoms. The van der Waals surface area contributed by atoms with Crippen LogP contribution in [0.3, 0.4) is 0 Å². The van der Waals surface area contributed by atoms with Crippen LogP contribution in [-0.4, -0.2) is 10.5 Å². The highest BCUT2D eigenvalue weighted by molar-refractivity contribution is 6.30. The Bertz CT molecular complexity index is 788. The number of aromatic nitrogens is 1. The van der Waals surface area contributed by atoms with Crippen molar-refractivity contribution >= 4 is 17.6 Å². The van der Waals surface area contributed by atoms with Gasteiger partial charge in [0.25, 0.3) is 0 Å². The van der Waals surface area contributed by atoms with Gasteiger partial charge < -0.3 is 18.9 Å². The van der Waals surface area contributed by atoms with Crippen LogP contribution in [0.2, 0.25) is 5.02 Å². The van der Waals surface area contributed by atoms with Gasteiger partial charge in [0.05, 0.1) is 12.8 Å². The van der Waals surface area contributed by atoms with Crippen LogP contribution in [0.1, 0.15) is 17.9 Å². The number of rotatable bonds is 6. The number of carboxylic acid groups (broad SMARTS) is 1. The molecule has 5 heteroatoms. The van der Waals surface area contributed by atoms with E-state index in [4.69, 9.17) is 16.0 Å². The van der Waals surface area contributed by atoms with Crippen molar-refractivity contribution in [3.63, 3.8) is 0 Å². The Kier molecular flexibility index (Phi) is 4.53. The molecule has 23 heavy (non-hydrogen) atoms. The van der Waals surface area contributed by atoms with Crippen molar-refractivity contribution in [2.24, 2.45) is 0 Å². The number of aliphatic carboxylic acids is 1. The van der Waals surface area contributed by atoms with Gasteiger partial charge in [0, 0.05) is 22.4 Å². The zero-order valence-corrected chi connectivity index (χ0v) is 13.1. The predicted molar refractivity (Wildman–Crippen MR) is 86.0 cm³/mol. The zero-order valence-electron chi connectivity index (χ0n) is 12.4. The second-order valence-electron chi connectivity index (χ2n) is 5.25. The molecule has 0 spiro atoms. The van der Waals surface area contributed by atoms with Crippen molar-refractivity contribution in [3.8, 4) is 11.3 Å². The Morgan fingerprint density at radius 1 is 1.13 bits per heavy atom. The molecule has 0 N–H and O–H groups in total. The van der Waals surface area contributed by atoms with Gasteiger partial charge in [-0.05, 0) is 54.8 Å². The molecular formula is C18H15ClNO3-. The molecule has 0 saturated carbocycles. The number of hydrogen-bond acceptors (Lipinski definition) is 3. The van der Waals surface area contributed by atoms with Gasteiger partial charge >= 0.3 is 0 Å². The first kappa shape index (κ1) is 15.4. The lowest BCUT2D eigenvalue weighted by molar-refractivity contribution is -0.305. The average molecular weight is 329 g/mol. The van der Waals surface area contributed by atoms with Crippen molar-refractivity contribution in [1.82, 2.24) is 4.57 Å². The molecule has 0 fully saturated rings. The first-order chi connectivity index (χ1) is 11.1. The number of furan rings is 1. The van der Waals surface area contributed by atoms with E-state index in [9.17, 15) is 9.90 Å². The highest BCUT2D eigenvalue weighted by atomic mass is 35.5. The largest absolute Gasteiger partial charge is 0.550 e. The SMILES string of the molecule is O=C([O-])CCc1ccc(-c2ccc(Cl)cc2)n1Cc1ccco1. The number of hydrogen-bond donors (Lipinski definition) is 0. The summed E-state index contributed by atoms with van der Waals surface area (Å²) in [5.74, 6) is -0.241. The number of carbonyl (C=O) groups excluding carboxylic acids is 1. The number of aryl methyl sites for hydroxylation is 1. The molecule has 2 aromatic heterocycles. The Labute approximate surface area is 138 Å². The van der Waals surface area contributed by atoms with Crippen molar-refractivity contribution < 1.29 is 14.3 Å². The molecule has 0 saturated heterocycles. The number of halogens is 1. The van der Waals surface area contributed by atoms with Crippen LogP contribution in [0.5, 0.6) is 0 Å². The molecule has 2 heterocycles. The summed E-state index contributed by atoms with van der Waals surface area (Å²) >= 11 is 5.95. The maximum absolute atomic E-state index is 10.8. The molecule has 0 amide bonds. The molecular weight excluding hydrogens is 314 g/mol. The Hall–Kier alpha value is -2.46. The molecule has 0 aliphatic carbocycles. The quantitative estimate of drug-likeness (QED) is 0.698. The first-order valence-corrected chi connectivity index (χ1v) is 7.68. The summed E-state index contributed by atoms with van der Waals surface area (Å²) < 4.78 is 7.49. The second-order valence-corrected chi connectivity index (χ2v) is 5.69. The molecule has 0 aliphatic heterocycles. The molecule has 0 unspecified atom stereocenters. The van der Waals surface area contributed by atoms with E-state index < -0.39 is 5.97 Å².